The monoisotopic (exact) mass is 255 g/mol. The Bertz CT molecular complexity index is 321. The minimum Gasteiger partial charge on any atom is -0.465 e. The van der Waals surface area contributed by atoms with Gasteiger partial charge in [0, 0.05) is 11.6 Å². The maximum absolute atomic E-state index is 11.2. The molecule has 0 spiro atoms. The lowest BCUT2D eigenvalue weighted by atomic mass is 9.94. The Balaban J connectivity index is 2.40. The van der Waals surface area contributed by atoms with E-state index < -0.39 is 12.1 Å². The average molecular weight is 255 g/mol. The molecule has 1 fully saturated rings. The number of carbonyl (C=O) groups is 2. The van der Waals surface area contributed by atoms with Crippen LogP contribution >= 0.6 is 0 Å². The molecule has 1 amide bonds. The predicted octanol–water partition coefficient (Wildman–Crippen LogP) is 2.42. The number of amides is 1. The predicted molar refractivity (Wildman–Crippen MR) is 67.4 cm³/mol. The van der Waals surface area contributed by atoms with Crippen molar-refractivity contribution in [3.05, 3.63) is 12.2 Å². The van der Waals surface area contributed by atoms with Crippen LogP contribution in [0.4, 0.5) is 4.79 Å². The van der Waals surface area contributed by atoms with Crippen molar-refractivity contribution < 1.29 is 19.4 Å². The molecule has 0 aromatic heterocycles. The first-order valence-electron chi connectivity index (χ1n) is 6.34. The van der Waals surface area contributed by atoms with Gasteiger partial charge in [0.2, 0.25) is 0 Å². The second-order valence-corrected chi connectivity index (χ2v) is 4.68. The van der Waals surface area contributed by atoms with E-state index in [0.717, 1.165) is 25.7 Å². The van der Waals surface area contributed by atoms with E-state index in [9.17, 15) is 9.59 Å². The van der Waals surface area contributed by atoms with E-state index in [1.807, 2.05) is 0 Å². The summed E-state index contributed by atoms with van der Waals surface area (Å²) in [6.45, 7) is 5.37. The number of carboxylic acid groups (broad SMARTS) is 1. The molecule has 1 aliphatic carbocycles. The summed E-state index contributed by atoms with van der Waals surface area (Å²) in [6.07, 6.45) is 4.18. The fourth-order valence-corrected chi connectivity index (χ4v) is 2.19. The van der Waals surface area contributed by atoms with Crippen LogP contribution in [0.5, 0.6) is 0 Å². The van der Waals surface area contributed by atoms with Crippen molar-refractivity contribution in [1.82, 2.24) is 4.90 Å². The Kier molecular flexibility index (Phi) is 5.68. The van der Waals surface area contributed by atoms with Crippen LogP contribution in [0.15, 0.2) is 12.2 Å². The normalized spacial score (nSPS) is 16.1. The first kappa shape index (κ1) is 14.5. The summed E-state index contributed by atoms with van der Waals surface area (Å²) in [4.78, 5) is 23.8. The molecule has 1 aliphatic rings. The van der Waals surface area contributed by atoms with E-state index in [0.29, 0.717) is 5.57 Å². The molecular formula is C13H21NO4. The highest BCUT2D eigenvalue weighted by molar-refractivity contribution is 5.86. The van der Waals surface area contributed by atoms with Crippen molar-refractivity contribution in [2.45, 2.75) is 45.1 Å². The first-order chi connectivity index (χ1) is 8.52. The summed E-state index contributed by atoms with van der Waals surface area (Å²) in [5.41, 5.74) is 0.328. The second-order valence-electron chi connectivity index (χ2n) is 4.68. The zero-order valence-corrected chi connectivity index (χ0v) is 10.9. The van der Waals surface area contributed by atoms with Crippen molar-refractivity contribution in [3.8, 4) is 0 Å². The van der Waals surface area contributed by atoms with E-state index in [4.69, 9.17) is 9.84 Å². The highest BCUT2D eigenvalue weighted by Crippen LogP contribution is 2.22. The summed E-state index contributed by atoms with van der Waals surface area (Å²) in [5, 5.41) is 9.17. The van der Waals surface area contributed by atoms with Crippen LogP contribution in [0.25, 0.3) is 0 Å². The van der Waals surface area contributed by atoms with Gasteiger partial charge in [-0.2, -0.15) is 0 Å². The van der Waals surface area contributed by atoms with Gasteiger partial charge in [0.1, 0.15) is 6.61 Å². The van der Waals surface area contributed by atoms with Crippen molar-refractivity contribution >= 4 is 12.1 Å². The zero-order valence-electron chi connectivity index (χ0n) is 10.9. The highest BCUT2D eigenvalue weighted by Gasteiger charge is 2.24. The maximum Gasteiger partial charge on any atom is 0.407 e. The summed E-state index contributed by atoms with van der Waals surface area (Å²) in [5.74, 6) is -0.469. The Morgan fingerprint density at radius 2 is 1.94 bits per heavy atom. The van der Waals surface area contributed by atoms with Gasteiger partial charge in [-0.1, -0.05) is 25.8 Å². The highest BCUT2D eigenvalue weighted by atomic mass is 16.5. The summed E-state index contributed by atoms with van der Waals surface area (Å²) < 4.78 is 4.93. The fourth-order valence-electron chi connectivity index (χ4n) is 2.19. The Hall–Kier alpha value is -1.52. The number of rotatable bonds is 5. The standard InChI is InChI=1S/C13H21NO4/c1-10(2)12(15)18-9-8-14(13(16)17)11-6-4-3-5-7-11/h11H,1,3-9H2,2H3,(H,16,17). The SMILES string of the molecule is C=C(C)C(=O)OCCN(C(=O)O)C1CCCCC1. The molecule has 5 nitrogen and oxygen atoms in total. The molecular weight excluding hydrogens is 234 g/mol. The lowest BCUT2D eigenvalue weighted by Crippen LogP contribution is -2.42. The quantitative estimate of drug-likeness (QED) is 0.605. The molecule has 0 atom stereocenters. The molecule has 0 aromatic carbocycles. The zero-order chi connectivity index (χ0) is 13.5. The first-order valence-corrected chi connectivity index (χ1v) is 6.34. The van der Waals surface area contributed by atoms with E-state index >= 15 is 0 Å². The number of nitrogens with zero attached hydrogens (tertiary/aromatic N) is 1. The molecule has 18 heavy (non-hydrogen) atoms. The minimum atomic E-state index is -0.937. The van der Waals surface area contributed by atoms with Gasteiger partial charge in [0.25, 0.3) is 0 Å². The molecule has 0 aromatic rings. The largest absolute Gasteiger partial charge is 0.465 e. The van der Waals surface area contributed by atoms with Gasteiger partial charge >= 0.3 is 12.1 Å². The molecule has 0 radical (unpaired) electrons. The molecule has 1 rings (SSSR count). The van der Waals surface area contributed by atoms with Crippen LogP contribution in [0, 0.1) is 0 Å². The van der Waals surface area contributed by atoms with E-state index in [1.165, 1.54) is 11.3 Å². The van der Waals surface area contributed by atoms with E-state index in [-0.39, 0.29) is 19.2 Å². The molecule has 1 saturated carbocycles. The molecule has 0 bridgehead atoms. The maximum atomic E-state index is 11.2. The molecule has 0 heterocycles. The van der Waals surface area contributed by atoms with Crippen molar-refractivity contribution in [2.75, 3.05) is 13.2 Å². The van der Waals surface area contributed by atoms with Crippen LogP contribution in [-0.4, -0.2) is 41.3 Å². The Labute approximate surface area is 107 Å². The molecule has 0 unspecified atom stereocenters. The number of hydrogen-bond donors (Lipinski definition) is 1. The fraction of sp³-hybridized carbons (Fsp3) is 0.692. The van der Waals surface area contributed by atoms with Crippen molar-refractivity contribution in [3.63, 3.8) is 0 Å². The van der Waals surface area contributed by atoms with Gasteiger partial charge in [-0.05, 0) is 19.8 Å². The van der Waals surface area contributed by atoms with Crippen LogP contribution in [0.3, 0.4) is 0 Å². The minimum absolute atomic E-state index is 0.0692. The summed E-state index contributed by atoms with van der Waals surface area (Å²) in [6, 6.07) is 0.0692. The third-order valence-corrected chi connectivity index (χ3v) is 3.17. The average Bonchev–Trinajstić information content (AvgIpc) is 2.34. The van der Waals surface area contributed by atoms with E-state index in [2.05, 4.69) is 6.58 Å². The lowest BCUT2D eigenvalue weighted by molar-refractivity contribution is -0.139. The van der Waals surface area contributed by atoms with Crippen LogP contribution in [0.2, 0.25) is 0 Å². The number of ether oxygens (including phenoxy) is 1. The van der Waals surface area contributed by atoms with Gasteiger partial charge in [-0.3, -0.25) is 0 Å². The number of carbonyl (C=O) groups excluding carboxylic acids is 1. The van der Waals surface area contributed by atoms with Gasteiger partial charge in [0.05, 0.1) is 6.54 Å². The van der Waals surface area contributed by atoms with Crippen LogP contribution in [-0.2, 0) is 9.53 Å². The van der Waals surface area contributed by atoms with Crippen LogP contribution < -0.4 is 0 Å². The number of esters is 1. The number of hydrogen-bond acceptors (Lipinski definition) is 3. The molecule has 5 heteroatoms. The van der Waals surface area contributed by atoms with Gasteiger partial charge < -0.3 is 14.7 Å². The molecule has 0 saturated heterocycles. The third-order valence-electron chi connectivity index (χ3n) is 3.17. The summed E-state index contributed by atoms with van der Waals surface area (Å²) in [7, 11) is 0. The second kappa shape index (κ2) is 7.03. The topological polar surface area (TPSA) is 66.8 Å². The van der Waals surface area contributed by atoms with Crippen molar-refractivity contribution in [2.24, 2.45) is 0 Å². The molecule has 0 aliphatic heterocycles. The smallest absolute Gasteiger partial charge is 0.407 e. The van der Waals surface area contributed by atoms with Gasteiger partial charge in [-0.15, -0.1) is 0 Å². The molecule has 1 N–H and O–H groups in total. The lowest BCUT2D eigenvalue weighted by Gasteiger charge is -2.31. The Morgan fingerprint density at radius 3 is 2.44 bits per heavy atom. The molecule has 102 valence electrons. The summed E-state index contributed by atoms with van der Waals surface area (Å²) >= 11 is 0. The van der Waals surface area contributed by atoms with Crippen LogP contribution in [0.1, 0.15) is 39.0 Å². The van der Waals surface area contributed by atoms with Gasteiger partial charge in [0.15, 0.2) is 0 Å². The van der Waals surface area contributed by atoms with Gasteiger partial charge in [-0.25, -0.2) is 9.59 Å². The Morgan fingerprint density at radius 1 is 1.33 bits per heavy atom. The van der Waals surface area contributed by atoms with E-state index in [1.54, 1.807) is 6.92 Å². The van der Waals surface area contributed by atoms with Crippen molar-refractivity contribution in [1.29, 1.82) is 0 Å². The third kappa shape index (κ3) is 4.39.